The maximum Gasteiger partial charge on any atom is 0.329 e. The summed E-state index contributed by atoms with van der Waals surface area (Å²) in [4.78, 5) is 23.3. The topological polar surface area (TPSA) is 70.6 Å². The fraction of sp³-hybridized carbons (Fsp3) is 0.118. The van der Waals surface area contributed by atoms with Gasteiger partial charge in [-0.15, -0.1) is 0 Å². The summed E-state index contributed by atoms with van der Waals surface area (Å²) in [5.74, 6) is -2.21. The van der Waals surface area contributed by atoms with Gasteiger partial charge in [-0.3, -0.25) is 9.59 Å². The van der Waals surface area contributed by atoms with Crippen LogP contribution in [-0.2, 0) is 9.59 Å². The lowest BCUT2D eigenvalue weighted by atomic mass is 10.1. The molecule has 0 atom stereocenters. The van der Waals surface area contributed by atoms with E-state index < -0.39 is 17.6 Å². The zero-order valence-electron chi connectivity index (χ0n) is 12.8. The molecule has 5 nitrogen and oxygen atoms in total. The van der Waals surface area contributed by atoms with E-state index in [4.69, 9.17) is 0 Å². The summed E-state index contributed by atoms with van der Waals surface area (Å²) >= 11 is 0. The van der Waals surface area contributed by atoms with E-state index in [-0.39, 0.29) is 0 Å². The summed E-state index contributed by atoms with van der Waals surface area (Å²) in [5.41, 5.74) is 5.46. The summed E-state index contributed by atoms with van der Waals surface area (Å²) in [5, 5.41) is 6.11. The first-order chi connectivity index (χ1) is 11.0. The van der Waals surface area contributed by atoms with Gasteiger partial charge in [0.25, 0.3) is 0 Å². The van der Waals surface area contributed by atoms with Crippen molar-refractivity contribution in [3.8, 4) is 0 Å². The Kier molecular flexibility index (Phi) is 5.19. The molecule has 0 aliphatic carbocycles. The van der Waals surface area contributed by atoms with Crippen LogP contribution in [0.2, 0.25) is 0 Å². The quantitative estimate of drug-likeness (QED) is 0.519. The second-order valence-corrected chi connectivity index (χ2v) is 5.02. The Morgan fingerprint density at radius 3 is 2.39 bits per heavy atom. The first-order valence-corrected chi connectivity index (χ1v) is 6.93. The van der Waals surface area contributed by atoms with Gasteiger partial charge in [-0.2, -0.15) is 5.10 Å². The molecule has 0 aliphatic rings. The van der Waals surface area contributed by atoms with Gasteiger partial charge < -0.3 is 5.32 Å². The van der Waals surface area contributed by atoms with E-state index in [2.05, 4.69) is 15.8 Å². The van der Waals surface area contributed by atoms with Crippen molar-refractivity contribution in [3.05, 3.63) is 65.0 Å². The molecular formula is C17H16FN3O2. The van der Waals surface area contributed by atoms with Gasteiger partial charge in [-0.05, 0) is 49.2 Å². The Morgan fingerprint density at radius 2 is 1.74 bits per heavy atom. The number of hydrogen-bond donors (Lipinski definition) is 2. The zero-order chi connectivity index (χ0) is 16.8. The van der Waals surface area contributed by atoms with E-state index in [9.17, 15) is 14.0 Å². The standard InChI is InChI=1S/C17H16FN3O2/c1-11-3-4-13(12(2)9-11)10-19-21-17(23)16(22)20-15-7-5-14(18)6-8-15/h3-10H,1-2H3,(H,20,22)(H,21,23)/b19-10-. The van der Waals surface area contributed by atoms with Gasteiger partial charge in [0.15, 0.2) is 0 Å². The van der Waals surface area contributed by atoms with E-state index in [0.717, 1.165) is 16.7 Å². The zero-order valence-corrected chi connectivity index (χ0v) is 12.8. The van der Waals surface area contributed by atoms with Crippen LogP contribution in [0.5, 0.6) is 0 Å². The second kappa shape index (κ2) is 7.31. The van der Waals surface area contributed by atoms with Gasteiger partial charge in [0.1, 0.15) is 5.82 Å². The number of benzene rings is 2. The SMILES string of the molecule is Cc1ccc(/C=N\NC(=O)C(=O)Nc2ccc(F)cc2)c(C)c1. The molecule has 0 unspecified atom stereocenters. The van der Waals surface area contributed by atoms with Gasteiger partial charge in [-0.25, -0.2) is 9.82 Å². The predicted molar refractivity (Wildman–Crippen MR) is 86.7 cm³/mol. The summed E-state index contributed by atoms with van der Waals surface area (Å²) in [6, 6.07) is 10.9. The van der Waals surface area contributed by atoms with Gasteiger partial charge in [0.2, 0.25) is 0 Å². The van der Waals surface area contributed by atoms with Crippen LogP contribution in [-0.4, -0.2) is 18.0 Å². The molecule has 0 saturated heterocycles. The van der Waals surface area contributed by atoms with Crippen molar-refractivity contribution in [3.63, 3.8) is 0 Å². The average molecular weight is 313 g/mol. The molecule has 118 valence electrons. The smallest absolute Gasteiger partial charge is 0.318 e. The van der Waals surface area contributed by atoms with Gasteiger partial charge in [0, 0.05) is 5.69 Å². The number of amides is 2. The van der Waals surface area contributed by atoms with Crippen molar-refractivity contribution in [2.24, 2.45) is 5.10 Å². The molecule has 0 bridgehead atoms. The summed E-state index contributed by atoms with van der Waals surface area (Å²) in [6.45, 7) is 3.91. The van der Waals surface area contributed by atoms with Crippen molar-refractivity contribution in [2.75, 3.05) is 5.32 Å². The number of rotatable bonds is 3. The molecule has 2 aromatic carbocycles. The number of anilines is 1. The Labute approximate surface area is 133 Å². The monoisotopic (exact) mass is 313 g/mol. The lowest BCUT2D eigenvalue weighted by Crippen LogP contribution is -2.32. The molecule has 23 heavy (non-hydrogen) atoms. The minimum Gasteiger partial charge on any atom is -0.318 e. The molecule has 2 rings (SSSR count). The lowest BCUT2D eigenvalue weighted by Gasteiger charge is -2.04. The molecule has 0 heterocycles. The number of carbonyl (C=O) groups is 2. The largest absolute Gasteiger partial charge is 0.329 e. The molecule has 0 spiro atoms. The van der Waals surface area contributed by atoms with E-state index >= 15 is 0 Å². The third-order valence-electron chi connectivity index (χ3n) is 3.10. The first-order valence-electron chi connectivity index (χ1n) is 6.93. The van der Waals surface area contributed by atoms with Crippen LogP contribution in [0.4, 0.5) is 10.1 Å². The highest BCUT2D eigenvalue weighted by atomic mass is 19.1. The van der Waals surface area contributed by atoms with Crippen LogP contribution in [0.3, 0.4) is 0 Å². The molecule has 0 radical (unpaired) electrons. The molecule has 0 saturated carbocycles. The number of hydrogen-bond acceptors (Lipinski definition) is 3. The maximum absolute atomic E-state index is 12.8. The van der Waals surface area contributed by atoms with Gasteiger partial charge in [0.05, 0.1) is 6.21 Å². The first kappa shape index (κ1) is 16.4. The maximum atomic E-state index is 12.8. The summed E-state index contributed by atoms with van der Waals surface area (Å²) < 4.78 is 12.8. The molecule has 2 N–H and O–H groups in total. The number of carbonyl (C=O) groups excluding carboxylic acids is 2. The fourth-order valence-corrected chi connectivity index (χ4v) is 1.90. The van der Waals surface area contributed by atoms with E-state index in [0.29, 0.717) is 5.69 Å². The predicted octanol–water partition coefficient (Wildman–Crippen LogP) is 2.53. The second-order valence-electron chi connectivity index (χ2n) is 5.02. The van der Waals surface area contributed by atoms with Crippen LogP contribution >= 0.6 is 0 Å². The van der Waals surface area contributed by atoms with Crippen LogP contribution in [0.25, 0.3) is 0 Å². The van der Waals surface area contributed by atoms with Crippen molar-refractivity contribution in [1.82, 2.24) is 5.43 Å². The summed E-state index contributed by atoms with van der Waals surface area (Å²) in [7, 11) is 0. The summed E-state index contributed by atoms with van der Waals surface area (Å²) in [6.07, 6.45) is 1.47. The molecule has 0 aromatic heterocycles. The van der Waals surface area contributed by atoms with Crippen molar-refractivity contribution >= 4 is 23.7 Å². The Balaban J connectivity index is 1.92. The lowest BCUT2D eigenvalue weighted by molar-refractivity contribution is -0.136. The fourth-order valence-electron chi connectivity index (χ4n) is 1.90. The minimum atomic E-state index is -0.907. The molecule has 2 amide bonds. The highest BCUT2D eigenvalue weighted by Gasteiger charge is 2.12. The third kappa shape index (κ3) is 4.74. The normalized spacial score (nSPS) is 10.6. The van der Waals surface area contributed by atoms with Crippen LogP contribution in [0, 0.1) is 19.7 Å². The number of aryl methyl sites for hydroxylation is 2. The highest BCUT2D eigenvalue weighted by Crippen LogP contribution is 2.08. The van der Waals surface area contributed by atoms with Crippen molar-refractivity contribution in [2.45, 2.75) is 13.8 Å². The molecular weight excluding hydrogens is 297 g/mol. The van der Waals surface area contributed by atoms with Crippen LogP contribution in [0.15, 0.2) is 47.6 Å². The minimum absolute atomic E-state index is 0.324. The van der Waals surface area contributed by atoms with Crippen LogP contribution < -0.4 is 10.7 Å². The van der Waals surface area contributed by atoms with Gasteiger partial charge >= 0.3 is 11.8 Å². The number of halogens is 1. The van der Waals surface area contributed by atoms with E-state index in [1.807, 2.05) is 32.0 Å². The van der Waals surface area contributed by atoms with Crippen molar-refractivity contribution < 1.29 is 14.0 Å². The number of nitrogens with one attached hydrogen (secondary N) is 2. The Hall–Kier alpha value is -3.02. The number of hydrazone groups is 1. The Bertz CT molecular complexity index is 755. The van der Waals surface area contributed by atoms with Crippen LogP contribution in [0.1, 0.15) is 16.7 Å². The van der Waals surface area contributed by atoms with Crippen molar-refractivity contribution in [1.29, 1.82) is 0 Å². The number of nitrogens with zero attached hydrogens (tertiary/aromatic N) is 1. The molecule has 0 aliphatic heterocycles. The molecule has 6 heteroatoms. The van der Waals surface area contributed by atoms with E-state index in [1.54, 1.807) is 0 Å². The molecule has 2 aromatic rings. The van der Waals surface area contributed by atoms with Gasteiger partial charge in [-0.1, -0.05) is 23.8 Å². The van der Waals surface area contributed by atoms with E-state index in [1.165, 1.54) is 30.5 Å². The Morgan fingerprint density at radius 1 is 1.04 bits per heavy atom. The molecule has 0 fully saturated rings. The third-order valence-corrected chi connectivity index (χ3v) is 3.10. The highest BCUT2D eigenvalue weighted by molar-refractivity contribution is 6.39. The average Bonchev–Trinajstić information content (AvgIpc) is 2.51.